The monoisotopic (exact) mass is 371 g/mol. The van der Waals surface area contributed by atoms with Crippen molar-refractivity contribution >= 4 is 0 Å². The van der Waals surface area contributed by atoms with Crippen molar-refractivity contribution in [2.45, 2.75) is 31.0 Å². The van der Waals surface area contributed by atoms with Gasteiger partial charge in [-0.3, -0.25) is 4.90 Å². The molecule has 0 aromatic heterocycles. The number of β-amino-alcohol motifs (C(OH)–C–C–N with tert-alkyl or cyclic N) is 1. The number of hydrogen-bond acceptors (Lipinski definition) is 4. The van der Waals surface area contributed by atoms with Gasteiger partial charge in [0.25, 0.3) is 0 Å². The second kappa shape index (κ2) is 7.23. The van der Waals surface area contributed by atoms with Crippen LogP contribution >= 0.6 is 0 Å². The number of aliphatic hydroxyl groups excluding tert-OH is 1. The van der Waals surface area contributed by atoms with Crippen LogP contribution in [0.25, 0.3) is 0 Å². The van der Waals surface area contributed by atoms with E-state index in [2.05, 4.69) is 17.0 Å². The van der Waals surface area contributed by atoms with Crippen LogP contribution in [0.3, 0.4) is 0 Å². The highest BCUT2D eigenvalue weighted by Crippen LogP contribution is 2.45. The van der Waals surface area contributed by atoms with Gasteiger partial charge in [0.05, 0.1) is 11.7 Å². The van der Waals surface area contributed by atoms with E-state index in [1.807, 2.05) is 18.2 Å². The van der Waals surface area contributed by atoms with Crippen LogP contribution in [-0.4, -0.2) is 45.5 Å². The van der Waals surface area contributed by atoms with Gasteiger partial charge in [-0.1, -0.05) is 36.4 Å². The van der Waals surface area contributed by atoms with E-state index in [4.69, 9.17) is 0 Å². The lowest BCUT2D eigenvalue weighted by Crippen LogP contribution is -2.33. The first kappa shape index (κ1) is 18.4. The SMILES string of the molecule is Oc1ccc([C@H](O)CN2CC3CC(O)(Cc4ccccc4)C[C@H]3C2)cc1F. The van der Waals surface area contributed by atoms with Gasteiger partial charge in [-0.25, -0.2) is 4.39 Å². The molecule has 1 aliphatic carbocycles. The molecule has 0 radical (unpaired) electrons. The highest BCUT2D eigenvalue weighted by molar-refractivity contribution is 5.29. The smallest absolute Gasteiger partial charge is 0.165 e. The predicted octanol–water partition coefficient (Wildman–Crippen LogP) is 2.88. The molecule has 144 valence electrons. The number of aromatic hydroxyl groups is 1. The summed E-state index contributed by atoms with van der Waals surface area (Å²) < 4.78 is 13.5. The first-order valence-electron chi connectivity index (χ1n) is 9.57. The summed E-state index contributed by atoms with van der Waals surface area (Å²) in [6.45, 7) is 2.13. The number of hydrogen-bond donors (Lipinski definition) is 3. The Morgan fingerprint density at radius 3 is 2.37 bits per heavy atom. The number of fused-ring (bicyclic) bond motifs is 1. The Balaban J connectivity index is 1.33. The van der Waals surface area contributed by atoms with E-state index >= 15 is 0 Å². The zero-order valence-corrected chi connectivity index (χ0v) is 15.3. The summed E-state index contributed by atoms with van der Waals surface area (Å²) in [7, 11) is 0. The minimum absolute atomic E-state index is 0.403. The number of nitrogens with zero attached hydrogens (tertiary/aromatic N) is 1. The van der Waals surface area contributed by atoms with E-state index in [0.717, 1.165) is 25.9 Å². The molecule has 4 rings (SSSR count). The van der Waals surface area contributed by atoms with Crippen LogP contribution in [0, 0.1) is 17.7 Å². The van der Waals surface area contributed by atoms with Gasteiger partial charge in [-0.15, -0.1) is 0 Å². The maximum absolute atomic E-state index is 13.5. The molecule has 1 heterocycles. The minimum atomic E-state index is -0.790. The number of likely N-dealkylation sites (tertiary alicyclic amines) is 1. The molecule has 2 unspecified atom stereocenters. The highest BCUT2D eigenvalue weighted by atomic mass is 19.1. The standard InChI is InChI=1S/C22H26FNO3/c23-19-8-16(6-7-20(19)25)21(26)14-24-12-17-10-22(27,11-18(17)13-24)9-15-4-2-1-3-5-15/h1-8,17-18,21,25-27H,9-14H2/t17-,18?,21+,22?/m0/s1. The van der Waals surface area contributed by atoms with Gasteiger partial charge in [-0.05, 0) is 47.9 Å². The lowest BCUT2D eigenvalue weighted by atomic mass is 9.91. The summed E-state index contributed by atoms with van der Waals surface area (Å²) in [5.41, 5.74) is 1.01. The average molecular weight is 371 g/mol. The molecule has 1 saturated carbocycles. The fourth-order valence-electron chi connectivity index (χ4n) is 4.91. The Morgan fingerprint density at radius 1 is 1.07 bits per heavy atom. The summed E-state index contributed by atoms with van der Waals surface area (Å²) in [6.07, 6.45) is 1.47. The zero-order chi connectivity index (χ0) is 19.0. The van der Waals surface area contributed by atoms with E-state index in [1.165, 1.54) is 17.7 Å². The molecular weight excluding hydrogens is 345 g/mol. The first-order chi connectivity index (χ1) is 12.9. The van der Waals surface area contributed by atoms with E-state index < -0.39 is 23.3 Å². The van der Waals surface area contributed by atoms with Crippen molar-refractivity contribution in [2.24, 2.45) is 11.8 Å². The molecule has 0 amide bonds. The summed E-state index contributed by atoms with van der Waals surface area (Å²) in [6, 6.07) is 14.1. The maximum Gasteiger partial charge on any atom is 0.165 e. The summed E-state index contributed by atoms with van der Waals surface area (Å²) in [5.74, 6) is -0.250. The van der Waals surface area contributed by atoms with Crippen LogP contribution in [0.2, 0.25) is 0 Å². The van der Waals surface area contributed by atoms with E-state index in [9.17, 15) is 19.7 Å². The minimum Gasteiger partial charge on any atom is -0.505 e. The predicted molar refractivity (Wildman–Crippen MR) is 101 cm³/mol. The van der Waals surface area contributed by atoms with Crippen LogP contribution in [0.4, 0.5) is 4.39 Å². The molecule has 1 aliphatic heterocycles. The lowest BCUT2D eigenvalue weighted by molar-refractivity contribution is 0.0328. The van der Waals surface area contributed by atoms with Crippen LogP contribution in [0.5, 0.6) is 5.75 Å². The molecule has 5 heteroatoms. The Bertz CT molecular complexity index is 783. The number of aliphatic hydroxyl groups is 2. The lowest BCUT2D eigenvalue weighted by Gasteiger charge is -2.27. The zero-order valence-electron chi connectivity index (χ0n) is 15.3. The van der Waals surface area contributed by atoms with Crippen LogP contribution < -0.4 is 0 Å². The van der Waals surface area contributed by atoms with Gasteiger partial charge >= 0.3 is 0 Å². The molecule has 27 heavy (non-hydrogen) atoms. The average Bonchev–Trinajstić information content (AvgIpc) is 3.11. The van der Waals surface area contributed by atoms with Crippen LogP contribution in [0.1, 0.15) is 30.1 Å². The third kappa shape index (κ3) is 4.00. The fourth-order valence-corrected chi connectivity index (χ4v) is 4.91. The molecule has 2 aliphatic rings. The van der Waals surface area contributed by atoms with Crippen LogP contribution in [-0.2, 0) is 6.42 Å². The molecule has 0 bridgehead atoms. The van der Waals surface area contributed by atoms with Crippen molar-refractivity contribution in [3.05, 3.63) is 65.5 Å². The Hall–Kier alpha value is -1.95. The number of rotatable bonds is 5. The van der Waals surface area contributed by atoms with Crippen molar-refractivity contribution < 1.29 is 19.7 Å². The molecular formula is C22H26FNO3. The Kier molecular flexibility index (Phi) is 4.93. The normalized spacial score (nSPS) is 29.0. The van der Waals surface area contributed by atoms with Gasteiger partial charge in [-0.2, -0.15) is 0 Å². The third-order valence-electron chi connectivity index (χ3n) is 6.10. The van der Waals surface area contributed by atoms with Gasteiger partial charge in [0.2, 0.25) is 0 Å². The number of halogens is 1. The molecule has 2 aromatic rings. The van der Waals surface area contributed by atoms with Gasteiger partial charge in [0, 0.05) is 26.1 Å². The number of phenolic OH excluding ortho intramolecular Hbond substituents is 1. The second-order valence-electron chi connectivity index (χ2n) is 8.26. The number of phenols is 1. The highest BCUT2D eigenvalue weighted by Gasteiger charge is 2.48. The summed E-state index contributed by atoms with van der Waals surface area (Å²) in [4.78, 5) is 2.20. The van der Waals surface area contributed by atoms with Crippen molar-refractivity contribution in [3.8, 4) is 5.75 Å². The van der Waals surface area contributed by atoms with Gasteiger partial charge in [0.15, 0.2) is 11.6 Å². The Morgan fingerprint density at radius 2 is 1.74 bits per heavy atom. The van der Waals surface area contributed by atoms with Crippen molar-refractivity contribution in [2.75, 3.05) is 19.6 Å². The molecule has 4 nitrogen and oxygen atoms in total. The van der Waals surface area contributed by atoms with Gasteiger partial charge in [0.1, 0.15) is 0 Å². The molecule has 0 spiro atoms. The van der Waals surface area contributed by atoms with Crippen molar-refractivity contribution in [3.63, 3.8) is 0 Å². The molecule has 4 atom stereocenters. The summed E-state index contributed by atoms with van der Waals surface area (Å²) in [5, 5.41) is 30.7. The van der Waals surface area contributed by atoms with Crippen molar-refractivity contribution in [1.82, 2.24) is 4.90 Å². The maximum atomic E-state index is 13.5. The third-order valence-corrected chi connectivity index (χ3v) is 6.10. The summed E-state index contributed by atoms with van der Waals surface area (Å²) >= 11 is 0. The first-order valence-corrected chi connectivity index (χ1v) is 9.57. The molecule has 2 aromatic carbocycles. The van der Waals surface area contributed by atoms with Crippen molar-refractivity contribution in [1.29, 1.82) is 0 Å². The molecule has 1 saturated heterocycles. The number of benzene rings is 2. The fraction of sp³-hybridized carbons (Fsp3) is 0.455. The van der Waals surface area contributed by atoms with E-state index in [1.54, 1.807) is 6.07 Å². The molecule has 2 fully saturated rings. The topological polar surface area (TPSA) is 63.9 Å². The van der Waals surface area contributed by atoms with Gasteiger partial charge < -0.3 is 15.3 Å². The Labute approximate surface area is 158 Å². The quantitative estimate of drug-likeness (QED) is 0.756. The van der Waals surface area contributed by atoms with Crippen LogP contribution in [0.15, 0.2) is 48.5 Å². The molecule has 3 N–H and O–H groups in total. The second-order valence-corrected chi connectivity index (χ2v) is 8.26. The van der Waals surface area contributed by atoms with E-state index in [0.29, 0.717) is 30.4 Å². The van der Waals surface area contributed by atoms with E-state index in [-0.39, 0.29) is 0 Å². The largest absolute Gasteiger partial charge is 0.505 e.